The van der Waals surface area contributed by atoms with Crippen LogP contribution in [0.25, 0.3) is 0 Å². The van der Waals surface area contributed by atoms with Gasteiger partial charge in [-0.05, 0) is 44.0 Å². The molecule has 0 N–H and O–H groups in total. The van der Waals surface area contributed by atoms with Crippen LogP contribution in [-0.2, 0) is 4.79 Å². The van der Waals surface area contributed by atoms with Gasteiger partial charge in [-0.1, -0.05) is 27.2 Å². The third-order valence-corrected chi connectivity index (χ3v) is 3.30. The van der Waals surface area contributed by atoms with Crippen molar-refractivity contribution < 1.29 is 9.18 Å². The molecule has 1 amide bonds. The molecule has 0 bridgehead atoms. The van der Waals surface area contributed by atoms with E-state index in [1.54, 1.807) is 24.0 Å². The fraction of sp³-hybridized carbons (Fsp3) is 0.562. The lowest BCUT2D eigenvalue weighted by atomic mass is 10.1. The molecular weight excluding hydrogens is 241 g/mol. The molecule has 0 aliphatic rings. The van der Waals surface area contributed by atoms with E-state index in [-0.39, 0.29) is 23.7 Å². The van der Waals surface area contributed by atoms with E-state index in [4.69, 9.17) is 0 Å². The van der Waals surface area contributed by atoms with Crippen molar-refractivity contribution in [2.24, 2.45) is 5.92 Å². The first kappa shape index (κ1) is 15.7. The minimum Gasteiger partial charge on any atom is -0.309 e. The maximum atomic E-state index is 13.4. The van der Waals surface area contributed by atoms with Crippen molar-refractivity contribution in [2.45, 2.75) is 53.5 Å². The molecule has 2 nitrogen and oxygen atoms in total. The lowest BCUT2D eigenvalue weighted by Gasteiger charge is -2.31. The van der Waals surface area contributed by atoms with E-state index >= 15 is 0 Å². The SMILES string of the molecule is CCCC(C)N(C(=O)C(C)C)c1ccc(F)c(C)c1. The van der Waals surface area contributed by atoms with Gasteiger partial charge < -0.3 is 4.90 Å². The van der Waals surface area contributed by atoms with Crippen molar-refractivity contribution in [1.82, 2.24) is 0 Å². The normalized spacial score (nSPS) is 12.6. The van der Waals surface area contributed by atoms with E-state index in [1.807, 2.05) is 20.8 Å². The number of halogens is 1. The maximum Gasteiger partial charge on any atom is 0.229 e. The second kappa shape index (κ2) is 6.69. The molecule has 3 heteroatoms. The van der Waals surface area contributed by atoms with Gasteiger partial charge in [0.15, 0.2) is 0 Å². The highest BCUT2D eigenvalue weighted by atomic mass is 19.1. The molecule has 19 heavy (non-hydrogen) atoms. The Morgan fingerprint density at radius 3 is 2.42 bits per heavy atom. The van der Waals surface area contributed by atoms with Gasteiger partial charge in [-0.3, -0.25) is 4.79 Å². The van der Waals surface area contributed by atoms with E-state index < -0.39 is 0 Å². The second-order valence-electron chi connectivity index (χ2n) is 5.43. The van der Waals surface area contributed by atoms with E-state index in [0.717, 1.165) is 18.5 Å². The standard InChI is InChI=1S/C16H24FNO/c1-6-7-13(5)18(16(19)11(2)3)14-8-9-15(17)12(4)10-14/h8-11,13H,6-7H2,1-5H3. The van der Waals surface area contributed by atoms with Crippen LogP contribution in [0.2, 0.25) is 0 Å². The molecule has 0 saturated heterocycles. The highest BCUT2D eigenvalue weighted by Gasteiger charge is 2.24. The van der Waals surface area contributed by atoms with Gasteiger partial charge in [-0.25, -0.2) is 4.39 Å². The van der Waals surface area contributed by atoms with Crippen LogP contribution >= 0.6 is 0 Å². The largest absolute Gasteiger partial charge is 0.309 e. The molecule has 0 spiro atoms. The average Bonchev–Trinajstić information content (AvgIpc) is 2.34. The third-order valence-electron chi connectivity index (χ3n) is 3.30. The van der Waals surface area contributed by atoms with Crippen LogP contribution < -0.4 is 4.90 Å². The quantitative estimate of drug-likeness (QED) is 0.776. The first-order chi connectivity index (χ1) is 8.88. The fourth-order valence-corrected chi connectivity index (χ4v) is 2.20. The van der Waals surface area contributed by atoms with Gasteiger partial charge in [-0.2, -0.15) is 0 Å². The van der Waals surface area contributed by atoms with Crippen molar-refractivity contribution in [3.8, 4) is 0 Å². The van der Waals surface area contributed by atoms with Crippen LogP contribution in [-0.4, -0.2) is 11.9 Å². The van der Waals surface area contributed by atoms with Gasteiger partial charge in [-0.15, -0.1) is 0 Å². The summed E-state index contributed by atoms with van der Waals surface area (Å²) < 4.78 is 13.4. The van der Waals surface area contributed by atoms with Crippen LogP contribution in [0, 0.1) is 18.7 Å². The average molecular weight is 265 g/mol. The van der Waals surface area contributed by atoms with Gasteiger partial charge in [0.2, 0.25) is 5.91 Å². The number of aryl methyl sites for hydroxylation is 1. The van der Waals surface area contributed by atoms with E-state index in [1.165, 1.54) is 6.07 Å². The van der Waals surface area contributed by atoms with Crippen LogP contribution in [0.4, 0.5) is 10.1 Å². The summed E-state index contributed by atoms with van der Waals surface area (Å²) in [6, 6.07) is 5.00. The van der Waals surface area contributed by atoms with Crippen molar-refractivity contribution >= 4 is 11.6 Å². The Balaban J connectivity index is 3.14. The summed E-state index contributed by atoms with van der Waals surface area (Å²) in [4.78, 5) is 14.2. The minimum absolute atomic E-state index is 0.0651. The smallest absolute Gasteiger partial charge is 0.229 e. The Hall–Kier alpha value is -1.38. The van der Waals surface area contributed by atoms with Crippen molar-refractivity contribution in [2.75, 3.05) is 4.90 Å². The lowest BCUT2D eigenvalue weighted by Crippen LogP contribution is -2.41. The van der Waals surface area contributed by atoms with E-state index in [2.05, 4.69) is 6.92 Å². The summed E-state index contributed by atoms with van der Waals surface area (Å²) in [6.45, 7) is 9.66. The second-order valence-corrected chi connectivity index (χ2v) is 5.43. The minimum atomic E-state index is -0.233. The Morgan fingerprint density at radius 1 is 1.32 bits per heavy atom. The molecule has 0 aliphatic carbocycles. The van der Waals surface area contributed by atoms with E-state index in [0.29, 0.717) is 5.56 Å². The number of hydrogen-bond donors (Lipinski definition) is 0. The van der Waals surface area contributed by atoms with Crippen LogP contribution in [0.5, 0.6) is 0 Å². The molecule has 1 aromatic carbocycles. The molecule has 1 unspecified atom stereocenters. The maximum absolute atomic E-state index is 13.4. The summed E-state index contributed by atoms with van der Waals surface area (Å²) in [7, 11) is 0. The molecule has 106 valence electrons. The molecule has 0 fully saturated rings. The predicted molar refractivity (Wildman–Crippen MR) is 77.8 cm³/mol. The molecule has 0 aromatic heterocycles. The molecule has 1 atom stereocenters. The van der Waals surface area contributed by atoms with Gasteiger partial charge in [0, 0.05) is 17.6 Å². The summed E-state index contributed by atoms with van der Waals surface area (Å²) in [6.07, 6.45) is 1.96. The van der Waals surface area contributed by atoms with Crippen LogP contribution in [0.1, 0.15) is 46.1 Å². The number of anilines is 1. The lowest BCUT2D eigenvalue weighted by molar-refractivity contribution is -0.121. The number of rotatable bonds is 5. The zero-order chi connectivity index (χ0) is 14.6. The fourth-order valence-electron chi connectivity index (χ4n) is 2.20. The van der Waals surface area contributed by atoms with Crippen LogP contribution in [0.3, 0.4) is 0 Å². The Bertz CT molecular complexity index is 442. The first-order valence-corrected chi connectivity index (χ1v) is 6.97. The summed E-state index contributed by atoms with van der Waals surface area (Å²) in [5.41, 5.74) is 1.36. The number of hydrogen-bond acceptors (Lipinski definition) is 1. The van der Waals surface area contributed by atoms with Gasteiger partial charge in [0.25, 0.3) is 0 Å². The van der Waals surface area contributed by atoms with Gasteiger partial charge >= 0.3 is 0 Å². The molecule has 0 aliphatic heterocycles. The molecule has 0 radical (unpaired) electrons. The van der Waals surface area contributed by atoms with E-state index in [9.17, 15) is 9.18 Å². The highest BCUT2D eigenvalue weighted by Crippen LogP contribution is 2.24. The summed E-state index contributed by atoms with van der Waals surface area (Å²) >= 11 is 0. The Kier molecular flexibility index (Phi) is 5.52. The van der Waals surface area contributed by atoms with Crippen molar-refractivity contribution in [3.05, 3.63) is 29.6 Å². The van der Waals surface area contributed by atoms with Crippen molar-refractivity contribution in [1.29, 1.82) is 0 Å². The molecule has 1 aromatic rings. The number of amides is 1. The summed E-state index contributed by atoms with van der Waals surface area (Å²) in [5.74, 6) is -0.208. The monoisotopic (exact) mass is 265 g/mol. The summed E-state index contributed by atoms with van der Waals surface area (Å²) in [5, 5.41) is 0. The molecule has 0 saturated carbocycles. The van der Waals surface area contributed by atoms with Gasteiger partial charge in [0.05, 0.1) is 0 Å². The molecular formula is C16H24FNO. The van der Waals surface area contributed by atoms with Crippen molar-refractivity contribution in [3.63, 3.8) is 0 Å². The number of nitrogens with zero attached hydrogens (tertiary/aromatic N) is 1. The number of benzene rings is 1. The topological polar surface area (TPSA) is 20.3 Å². The number of carbonyl (C=O) groups excluding carboxylic acids is 1. The Labute approximate surface area is 115 Å². The van der Waals surface area contributed by atoms with Crippen LogP contribution in [0.15, 0.2) is 18.2 Å². The third kappa shape index (κ3) is 3.79. The number of carbonyl (C=O) groups is 1. The zero-order valence-electron chi connectivity index (χ0n) is 12.5. The Morgan fingerprint density at radius 2 is 1.95 bits per heavy atom. The highest BCUT2D eigenvalue weighted by molar-refractivity contribution is 5.95. The zero-order valence-corrected chi connectivity index (χ0v) is 12.5. The van der Waals surface area contributed by atoms with Gasteiger partial charge in [0.1, 0.15) is 5.82 Å². The predicted octanol–water partition coefficient (Wildman–Crippen LogP) is 4.31. The first-order valence-electron chi connectivity index (χ1n) is 6.97. The molecule has 0 heterocycles. The molecule has 1 rings (SSSR count).